The Hall–Kier alpha value is -2.40. The highest BCUT2D eigenvalue weighted by molar-refractivity contribution is 7.98. The number of urea groups is 1. The van der Waals surface area contributed by atoms with Crippen molar-refractivity contribution >= 4 is 28.8 Å². The van der Waals surface area contributed by atoms with Gasteiger partial charge < -0.3 is 15.1 Å². The van der Waals surface area contributed by atoms with Crippen molar-refractivity contribution in [2.24, 2.45) is 0 Å². The molecule has 2 amide bonds. The Morgan fingerprint density at radius 3 is 2.46 bits per heavy atom. The SMILES string of the molecule is CSc1ccc(CNC(=O)NCc2oc3ccccc3c2C)cc1. The molecule has 5 heteroatoms. The normalized spacial score (nSPS) is 10.8. The maximum absolute atomic E-state index is 12.0. The first-order valence-corrected chi connectivity index (χ1v) is 9.01. The maximum Gasteiger partial charge on any atom is 0.315 e. The van der Waals surface area contributed by atoms with Gasteiger partial charge in [-0.05, 0) is 36.9 Å². The van der Waals surface area contributed by atoms with E-state index in [-0.39, 0.29) is 6.03 Å². The lowest BCUT2D eigenvalue weighted by molar-refractivity contribution is 0.239. The molecule has 1 aromatic heterocycles. The van der Waals surface area contributed by atoms with Gasteiger partial charge in [0.05, 0.1) is 6.54 Å². The van der Waals surface area contributed by atoms with E-state index in [2.05, 4.69) is 22.8 Å². The summed E-state index contributed by atoms with van der Waals surface area (Å²) in [6, 6.07) is 15.8. The van der Waals surface area contributed by atoms with Crippen LogP contribution in [0.3, 0.4) is 0 Å². The minimum atomic E-state index is -0.205. The summed E-state index contributed by atoms with van der Waals surface area (Å²) < 4.78 is 5.79. The van der Waals surface area contributed by atoms with Crippen molar-refractivity contribution in [3.63, 3.8) is 0 Å². The number of furan rings is 1. The lowest BCUT2D eigenvalue weighted by Gasteiger charge is -2.07. The predicted octanol–water partition coefficient (Wildman–Crippen LogP) is 4.46. The third kappa shape index (κ3) is 3.74. The summed E-state index contributed by atoms with van der Waals surface area (Å²) in [6.45, 7) is 2.88. The van der Waals surface area contributed by atoms with Crippen LogP contribution in [0.5, 0.6) is 0 Å². The van der Waals surface area contributed by atoms with Crippen LogP contribution in [-0.2, 0) is 13.1 Å². The highest BCUT2D eigenvalue weighted by Crippen LogP contribution is 2.24. The van der Waals surface area contributed by atoms with Gasteiger partial charge in [-0.25, -0.2) is 4.79 Å². The molecular weight excluding hydrogens is 320 g/mol. The van der Waals surface area contributed by atoms with Crippen LogP contribution in [0.15, 0.2) is 57.8 Å². The fourth-order valence-electron chi connectivity index (χ4n) is 2.54. The molecule has 3 aromatic rings. The first kappa shape index (κ1) is 16.5. The molecule has 0 aliphatic heterocycles. The number of fused-ring (bicyclic) bond motifs is 1. The first-order valence-electron chi connectivity index (χ1n) is 7.79. The number of carbonyl (C=O) groups excluding carboxylic acids is 1. The van der Waals surface area contributed by atoms with Gasteiger partial charge in [-0.2, -0.15) is 0 Å². The summed E-state index contributed by atoms with van der Waals surface area (Å²) >= 11 is 1.70. The second kappa shape index (κ2) is 7.45. The summed E-state index contributed by atoms with van der Waals surface area (Å²) in [5.74, 6) is 0.788. The molecule has 0 aliphatic rings. The summed E-state index contributed by atoms with van der Waals surface area (Å²) in [4.78, 5) is 13.2. The van der Waals surface area contributed by atoms with E-state index in [1.165, 1.54) is 4.90 Å². The summed E-state index contributed by atoms with van der Waals surface area (Å²) in [5.41, 5.74) is 2.99. The molecule has 0 saturated heterocycles. The Balaban J connectivity index is 1.53. The second-order valence-electron chi connectivity index (χ2n) is 5.53. The fourth-order valence-corrected chi connectivity index (χ4v) is 2.95. The summed E-state index contributed by atoms with van der Waals surface area (Å²) in [6.07, 6.45) is 2.04. The smallest absolute Gasteiger partial charge is 0.315 e. The van der Waals surface area contributed by atoms with Gasteiger partial charge in [0.15, 0.2) is 0 Å². The van der Waals surface area contributed by atoms with Crippen molar-refractivity contribution in [2.45, 2.75) is 24.9 Å². The molecule has 0 fully saturated rings. The number of para-hydroxylation sites is 1. The summed E-state index contributed by atoms with van der Waals surface area (Å²) in [5, 5.41) is 6.79. The Kier molecular flexibility index (Phi) is 5.11. The second-order valence-corrected chi connectivity index (χ2v) is 6.41. The zero-order valence-corrected chi connectivity index (χ0v) is 14.6. The van der Waals surface area contributed by atoms with Crippen molar-refractivity contribution in [3.8, 4) is 0 Å². The molecule has 0 saturated carbocycles. The van der Waals surface area contributed by atoms with Gasteiger partial charge in [0.25, 0.3) is 0 Å². The quantitative estimate of drug-likeness (QED) is 0.674. The molecule has 2 aromatic carbocycles. The minimum Gasteiger partial charge on any atom is -0.459 e. The molecule has 0 spiro atoms. The van der Waals surface area contributed by atoms with Gasteiger partial charge in [0.1, 0.15) is 11.3 Å². The van der Waals surface area contributed by atoms with E-state index in [0.717, 1.165) is 27.9 Å². The van der Waals surface area contributed by atoms with Crippen LogP contribution in [0.1, 0.15) is 16.9 Å². The molecule has 0 bridgehead atoms. The monoisotopic (exact) mass is 340 g/mol. The molecule has 24 heavy (non-hydrogen) atoms. The van der Waals surface area contributed by atoms with Crippen molar-refractivity contribution in [3.05, 3.63) is 65.4 Å². The molecule has 0 radical (unpaired) electrons. The lowest BCUT2D eigenvalue weighted by Crippen LogP contribution is -2.34. The van der Waals surface area contributed by atoms with Crippen LogP contribution >= 0.6 is 11.8 Å². The number of hydrogen-bond donors (Lipinski definition) is 2. The number of aryl methyl sites for hydroxylation is 1. The van der Waals surface area contributed by atoms with E-state index in [1.807, 2.05) is 49.6 Å². The average Bonchev–Trinajstić information content (AvgIpc) is 2.95. The van der Waals surface area contributed by atoms with E-state index in [1.54, 1.807) is 11.8 Å². The molecule has 124 valence electrons. The number of nitrogens with one attached hydrogen (secondary N) is 2. The Bertz CT molecular complexity index is 840. The van der Waals surface area contributed by atoms with Crippen LogP contribution in [0.2, 0.25) is 0 Å². The van der Waals surface area contributed by atoms with Crippen molar-refractivity contribution in [1.82, 2.24) is 10.6 Å². The van der Waals surface area contributed by atoms with E-state index in [4.69, 9.17) is 4.42 Å². The summed E-state index contributed by atoms with van der Waals surface area (Å²) in [7, 11) is 0. The van der Waals surface area contributed by atoms with E-state index in [9.17, 15) is 4.79 Å². The molecule has 0 unspecified atom stereocenters. The number of hydrogen-bond acceptors (Lipinski definition) is 3. The van der Waals surface area contributed by atoms with Gasteiger partial charge in [-0.1, -0.05) is 30.3 Å². The Morgan fingerprint density at radius 1 is 1.04 bits per heavy atom. The first-order chi connectivity index (χ1) is 11.7. The van der Waals surface area contributed by atoms with Gasteiger partial charge in [0, 0.05) is 22.4 Å². The van der Waals surface area contributed by atoms with Crippen LogP contribution < -0.4 is 10.6 Å². The third-order valence-electron chi connectivity index (χ3n) is 3.96. The third-order valence-corrected chi connectivity index (χ3v) is 4.71. The van der Waals surface area contributed by atoms with Crippen LogP contribution in [0, 0.1) is 6.92 Å². The minimum absolute atomic E-state index is 0.205. The Labute approximate surface area is 145 Å². The van der Waals surface area contributed by atoms with Gasteiger partial charge in [-0.3, -0.25) is 0 Å². The largest absolute Gasteiger partial charge is 0.459 e. The molecule has 0 atom stereocenters. The van der Waals surface area contributed by atoms with E-state index >= 15 is 0 Å². The molecule has 1 heterocycles. The van der Waals surface area contributed by atoms with E-state index < -0.39 is 0 Å². The number of benzene rings is 2. The zero-order valence-electron chi connectivity index (χ0n) is 13.8. The number of thioether (sulfide) groups is 1. The molecule has 0 aliphatic carbocycles. The topological polar surface area (TPSA) is 54.3 Å². The zero-order chi connectivity index (χ0) is 16.9. The standard InChI is InChI=1S/C19H20N2O2S/c1-13-16-5-3-4-6-17(16)23-18(13)12-21-19(22)20-11-14-7-9-15(24-2)10-8-14/h3-10H,11-12H2,1-2H3,(H2,20,21,22). The van der Waals surface area contributed by atoms with Crippen LogP contribution in [-0.4, -0.2) is 12.3 Å². The molecule has 3 rings (SSSR count). The van der Waals surface area contributed by atoms with Crippen molar-refractivity contribution < 1.29 is 9.21 Å². The predicted molar refractivity (Wildman–Crippen MR) is 98.2 cm³/mol. The molecular formula is C19H20N2O2S. The van der Waals surface area contributed by atoms with Gasteiger partial charge in [-0.15, -0.1) is 11.8 Å². The number of carbonyl (C=O) groups is 1. The molecule has 2 N–H and O–H groups in total. The highest BCUT2D eigenvalue weighted by Gasteiger charge is 2.10. The van der Waals surface area contributed by atoms with E-state index in [0.29, 0.717) is 13.1 Å². The van der Waals surface area contributed by atoms with Crippen molar-refractivity contribution in [2.75, 3.05) is 6.26 Å². The van der Waals surface area contributed by atoms with Gasteiger partial charge in [0.2, 0.25) is 0 Å². The van der Waals surface area contributed by atoms with Crippen LogP contribution in [0.25, 0.3) is 11.0 Å². The van der Waals surface area contributed by atoms with Gasteiger partial charge >= 0.3 is 6.03 Å². The van der Waals surface area contributed by atoms with Crippen LogP contribution in [0.4, 0.5) is 4.79 Å². The fraction of sp³-hybridized carbons (Fsp3) is 0.211. The maximum atomic E-state index is 12.0. The Morgan fingerprint density at radius 2 is 1.75 bits per heavy atom. The highest BCUT2D eigenvalue weighted by atomic mass is 32.2. The number of rotatable bonds is 5. The molecule has 4 nitrogen and oxygen atoms in total. The van der Waals surface area contributed by atoms with Crippen molar-refractivity contribution in [1.29, 1.82) is 0 Å². The lowest BCUT2D eigenvalue weighted by atomic mass is 10.1. The number of amides is 2. The average molecular weight is 340 g/mol.